The minimum atomic E-state index is -0.474. The van der Waals surface area contributed by atoms with Crippen molar-refractivity contribution in [3.05, 3.63) is 56.2 Å². The summed E-state index contributed by atoms with van der Waals surface area (Å²) in [5.74, 6) is 6.12. The largest absolute Gasteiger partial charge is 0.465 e. The van der Waals surface area contributed by atoms with Gasteiger partial charge in [0.25, 0.3) is 5.56 Å². The number of esters is 1. The minimum absolute atomic E-state index is 0.360. The first kappa shape index (κ1) is 17.5. The van der Waals surface area contributed by atoms with Crippen molar-refractivity contribution in [1.82, 2.24) is 9.66 Å². The molecule has 0 radical (unpaired) electrons. The average molecular weight is 375 g/mol. The Morgan fingerprint density at radius 1 is 1.36 bits per heavy atom. The Balaban J connectivity index is 2.02. The van der Waals surface area contributed by atoms with Crippen LogP contribution in [0, 0.1) is 13.8 Å². The molecule has 0 fully saturated rings. The molecule has 6 nitrogen and oxygen atoms in total. The van der Waals surface area contributed by atoms with Crippen molar-refractivity contribution in [2.75, 3.05) is 13.0 Å². The highest BCUT2D eigenvalue weighted by molar-refractivity contribution is 7.98. The summed E-state index contributed by atoms with van der Waals surface area (Å²) < 4.78 is 5.81. The number of aromatic nitrogens is 2. The molecule has 25 heavy (non-hydrogen) atoms. The molecular formula is C17H17N3O3S2. The molecule has 3 rings (SSSR count). The van der Waals surface area contributed by atoms with Gasteiger partial charge in [-0.1, -0.05) is 36.0 Å². The van der Waals surface area contributed by atoms with Crippen LogP contribution in [0.15, 0.2) is 34.2 Å². The lowest BCUT2D eigenvalue weighted by Crippen LogP contribution is -2.29. The number of carbonyl (C=O) groups excluding carboxylic acids is 1. The zero-order valence-electron chi connectivity index (χ0n) is 14.0. The van der Waals surface area contributed by atoms with Crippen molar-refractivity contribution in [3.8, 4) is 0 Å². The van der Waals surface area contributed by atoms with Crippen molar-refractivity contribution in [2.45, 2.75) is 24.8 Å². The van der Waals surface area contributed by atoms with Gasteiger partial charge in [-0.15, -0.1) is 11.3 Å². The van der Waals surface area contributed by atoms with Gasteiger partial charge in [0.2, 0.25) is 0 Å². The Morgan fingerprint density at radius 2 is 2.08 bits per heavy atom. The van der Waals surface area contributed by atoms with Gasteiger partial charge < -0.3 is 10.6 Å². The number of nitrogens with zero attached hydrogens (tertiary/aromatic N) is 2. The van der Waals surface area contributed by atoms with Crippen molar-refractivity contribution < 1.29 is 9.53 Å². The van der Waals surface area contributed by atoms with Crippen LogP contribution < -0.4 is 11.4 Å². The zero-order chi connectivity index (χ0) is 18.1. The van der Waals surface area contributed by atoms with Crippen molar-refractivity contribution in [2.24, 2.45) is 0 Å². The smallest absolute Gasteiger partial charge is 0.348 e. The van der Waals surface area contributed by atoms with Crippen LogP contribution in [0.25, 0.3) is 10.2 Å². The zero-order valence-corrected chi connectivity index (χ0v) is 15.7. The van der Waals surface area contributed by atoms with Gasteiger partial charge in [0.1, 0.15) is 9.71 Å². The Labute approximate surface area is 152 Å². The van der Waals surface area contributed by atoms with E-state index in [0.29, 0.717) is 31.6 Å². The number of fused-ring (bicyclic) bond motifs is 1. The van der Waals surface area contributed by atoms with Crippen LogP contribution in [0.5, 0.6) is 0 Å². The fraction of sp³-hybridized carbons (Fsp3) is 0.235. The number of aryl methyl sites for hydroxylation is 2. The maximum atomic E-state index is 12.6. The average Bonchev–Trinajstić information content (AvgIpc) is 2.94. The second-order valence-corrected chi connectivity index (χ2v) is 7.45. The first-order valence-electron chi connectivity index (χ1n) is 7.51. The Morgan fingerprint density at radius 3 is 2.76 bits per heavy atom. The number of nitrogen functional groups attached to an aromatic ring is 1. The lowest BCUT2D eigenvalue weighted by atomic mass is 10.1. The Hall–Kier alpha value is -2.32. The Kier molecular flexibility index (Phi) is 4.82. The quantitative estimate of drug-likeness (QED) is 0.327. The molecule has 1 aromatic carbocycles. The number of hydrogen-bond donors (Lipinski definition) is 1. The van der Waals surface area contributed by atoms with E-state index in [0.717, 1.165) is 21.6 Å². The maximum absolute atomic E-state index is 12.6. The summed E-state index contributed by atoms with van der Waals surface area (Å²) in [4.78, 5) is 29.8. The molecule has 130 valence electrons. The number of methoxy groups -OCH3 is 1. The number of ether oxygens (including phenoxy) is 1. The molecule has 8 heteroatoms. The number of carbonyl (C=O) groups is 1. The molecule has 0 atom stereocenters. The molecule has 2 aromatic heterocycles. The van der Waals surface area contributed by atoms with Gasteiger partial charge in [-0.2, -0.15) is 0 Å². The van der Waals surface area contributed by atoms with Gasteiger partial charge in [-0.05, 0) is 30.5 Å². The molecule has 2 N–H and O–H groups in total. The molecule has 2 heterocycles. The highest BCUT2D eigenvalue weighted by Crippen LogP contribution is 2.30. The predicted molar refractivity (Wildman–Crippen MR) is 101 cm³/mol. The van der Waals surface area contributed by atoms with E-state index in [1.165, 1.54) is 24.4 Å². The van der Waals surface area contributed by atoms with Gasteiger partial charge >= 0.3 is 5.97 Å². The summed E-state index contributed by atoms with van der Waals surface area (Å²) in [6, 6.07) is 8.02. The number of benzene rings is 1. The van der Waals surface area contributed by atoms with E-state index in [-0.39, 0.29) is 5.56 Å². The summed E-state index contributed by atoms with van der Waals surface area (Å²) in [6.45, 7) is 3.74. The van der Waals surface area contributed by atoms with Crippen LogP contribution in [0.4, 0.5) is 0 Å². The molecular weight excluding hydrogens is 358 g/mol. The van der Waals surface area contributed by atoms with Crippen LogP contribution >= 0.6 is 23.1 Å². The first-order chi connectivity index (χ1) is 11.9. The SMILES string of the molecule is COC(=O)c1sc2nc(SCc3ccccc3C)n(N)c(=O)c2c1C. The molecule has 0 aliphatic rings. The fourth-order valence-corrected chi connectivity index (χ4v) is 4.61. The monoisotopic (exact) mass is 375 g/mol. The van der Waals surface area contributed by atoms with Crippen LogP contribution in [0.2, 0.25) is 0 Å². The third-order valence-corrected chi connectivity index (χ3v) is 6.12. The lowest BCUT2D eigenvalue weighted by Gasteiger charge is -2.08. The van der Waals surface area contributed by atoms with Crippen LogP contribution in [-0.2, 0) is 10.5 Å². The summed E-state index contributed by atoms with van der Waals surface area (Å²) in [5, 5.41) is 0.784. The van der Waals surface area contributed by atoms with Crippen LogP contribution in [0.1, 0.15) is 26.4 Å². The maximum Gasteiger partial charge on any atom is 0.348 e. The number of thiophene rings is 1. The highest BCUT2D eigenvalue weighted by atomic mass is 32.2. The Bertz CT molecular complexity index is 1020. The van der Waals surface area contributed by atoms with Gasteiger partial charge in [0.15, 0.2) is 5.16 Å². The molecule has 0 saturated heterocycles. The second kappa shape index (κ2) is 6.89. The molecule has 0 bridgehead atoms. The van der Waals surface area contributed by atoms with Crippen LogP contribution in [0.3, 0.4) is 0 Å². The van der Waals surface area contributed by atoms with E-state index >= 15 is 0 Å². The van der Waals surface area contributed by atoms with E-state index in [4.69, 9.17) is 10.6 Å². The number of thioether (sulfide) groups is 1. The minimum Gasteiger partial charge on any atom is -0.465 e. The molecule has 0 saturated carbocycles. The van der Waals surface area contributed by atoms with E-state index in [9.17, 15) is 9.59 Å². The number of rotatable bonds is 4. The normalized spacial score (nSPS) is 11.0. The topological polar surface area (TPSA) is 87.2 Å². The summed E-state index contributed by atoms with van der Waals surface area (Å²) >= 11 is 2.54. The fourth-order valence-electron chi connectivity index (χ4n) is 2.48. The van der Waals surface area contributed by atoms with E-state index in [1.807, 2.05) is 31.2 Å². The molecule has 0 unspecified atom stereocenters. The first-order valence-corrected chi connectivity index (χ1v) is 9.31. The third kappa shape index (κ3) is 3.14. The molecule has 0 amide bonds. The van der Waals surface area contributed by atoms with Crippen molar-refractivity contribution in [1.29, 1.82) is 0 Å². The predicted octanol–water partition coefficient (Wildman–Crippen LogP) is 2.87. The highest BCUT2D eigenvalue weighted by Gasteiger charge is 2.21. The summed E-state index contributed by atoms with van der Waals surface area (Å²) in [6.07, 6.45) is 0. The van der Waals surface area contributed by atoms with E-state index in [2.05, 4.69) is 4.98 Å². The van der Waals surface area contributed by atoms with Gasteiger partial charge in [-0.25, -0.2) is 14.5 Å². The van der Waals surface area contributed by atoms with Gasteiger partial charge in [-0.3, -0.25) is 4.79 Å². The van der Waals surface area contributed by atoms with Gasteiger partial charge in [0, 0.05) is 5.75 Å². The molecule has 0 aliphatic carbocycles. The summed E-state index contributed by atoms with van der Waals surface area (Å²) in [5.41, 5.74) is 2.52. The summed E-state index contributed by atoms with van der Waals surface area (Å²) in [7, 11) is 1.31. The van der Waals surface area contributed by atoms with E-state index in [1.54, 1.807) is 6.92 Å². The molecule has 0 aliphatic heterocycles. The van der Waals surface area contributed by atoms with Crippen molar-refractivity contribution >= 4 is 39.3 Å². The molecule has 0 spiro atoms. The standard InChI is InChI=1S/C17H17N3O3S2/c1-9-6-4-5-7-11(9)8-24-17-19-14-12(15(21)20(17)18)10(2)13(25-14)16(22)23-3/h4-7H,8,18H2,1-3H3. The molecule has 3 aromatic rings. The third-order valence-electron chi connectivity index (χ3n) is 3.95. The second-order valence-electron chi connectivity index (χ2n) is 5.51. The lowest BCUT2D eigenvalue weighted by molar-refractivity contribution is 0.0605. The van der Waals surface area contributed by atoms with E-state index < -0.39 is 5.97 Å². The number of nitrogens with two attached hydrogens (primary N) is 1. The number of hydrogen-bond acceptors (Lipinski definition) is 7. The van der Waals surface area contributed by atoms with Crippen LogP contribution in [-0.4, -0.2) is 22.7 Å². The van der Waals surface area contributed by atoms with Crippen molar-refractivity contribution in [3.63, 3.8) is 0 Å². The van der Waals surface area contributed by atoms with Gasteiger partial charge in [0.05, 0.1) is 12.5 Å².